The number of carbonyl (C=O) groups excluding carboxylic acids is 1. The SMILES string of the molecule is CCCOCCCC(=O)C(C)(C)Oc1ccc(C2CCC3(CC2)OOC2(OO3)C3CC4CC(C3)CC2C4)cc1. The fourth-order valence-electron chi connectivity index (χ4n) is 8.02. The summed E-state index contributed by atoms with van der Waals surface area (Å²) in [6, 6.07) is 8.21. The van der Waals surface area contributed by atoms with Crippen LogP contribution < -0.4 is 4.74 Å². The van der Waals surface area contributed by atoms with Crippen LogP contribution in [0.5, 0.6) is 5.75 Å². The zero-order valence-corrected chi connectivity index (χ0v) is 24.0. The van der Waals surface area contributed by atoms with Gasteiger partial charge in [-0.1, -0.05) is 19.1 Å². The highest BCUT2D eigenvalue weighted by Gasteiger charge is 2.64. The molecule has 0 aromatic heterocycles. The fraction of sp³-hybridized carbons (Fsp3) is 0.781. The van der Waals surface area contributed by atoms with Gasteiger partial charge in [0.05, 0.1) is 0 Å². The van der Waals surface area contributed by atoms with Gasteiger partial charge in [0.15, 0.2) is 11.4 Å². The number of benzene rings is 1. The molecule has 1 saturated heterocycles. The Balaban J connectivity index is 0.981. The molecular weight excluding hydrogens is 496 g/mol. The van der Waals surface area contributed by atoms with Gasteiger partial charge in [-0.3, -0.25) is 4.79 Å². The first-order valence-corrected chi connectivity index (χ1v) is 15.4. The van der Waals surface area contributed by atoms with Crippen LogP contribution in [0.3, 0.4) is 0 Å². The number of ether oxygens (including phenoxy) is 2. The quantitative estimate of drug-likeness (QED) is 0.232. The molecule has 0 amide bonds. The lowest BCUT2D eigenvalue weighted by molar-refractivity contribution is -0.680. The van der Waals surface area contributed by atoms with Crippen LogP contribution in [0.15, 0.2) is 24.3 Å². The molecule has 39 heavy (non-hydrogen) atoms. The summed E-state index contributed by atoms with van der Waals surface area (Å²) in [7, 11) is 0. The topological polar surface area (TPSA) is 72.5 Å². The summed E-state index contributed by atoms with van der Waals surface area (Å²) >= 11 is 0. The molecule has 1 aromatic rings. The van der Waals surface area contributed by atoms with Gasteiger partial charge < -0.3 is 9.47 Å². The molecule has 0 atom stereocenters. The van der Waals surface area contributed by atoms with Gasteiger partial charge in [-0.25, -0.2) is 0 Å². The Labute approximate surface area is 233 Å². The molecule has 7 nitrogen and oxygen atoms in total. The molecule has 7 heteroatoms. The predicted octanol–water partition coefficient (Wildman–Crippen LogP) is 7.04. The number of ketones is 1. The summed E-state index contributed by atoms with van der Waals surface area (Å²) in [5.74, 6) is 2.17. The van der Waals surface area contributed by atoms with Gasteiger partial charge in [0, 0.05) is 44.3 Å². The van der Waals surface area contributed by atoms with Crippen molar-refractivity contribution in [3.05, 3.63) is 29.8 Å². The van der Waals surface area contributed by atoms with Gasteiger partial charge in [-0.15, -0.1) is 0 Å². The van der Waals surface area contributed by atoms with Crippen LogP contribution in [0.1, 0.15) is 109 Å². The molecule has 0 unspecified atom stereocenters. The van der Waals surface area contributed by atoms with E-state index in [9.17, 15) is 4.79 Å². The minimum absolute atomic E-state index is 0.0941. The zero-order valence-electron chi connectivity index (χ0n) is 24.0. The van der Waals surface area contributed by atoms with Gasteiger partial charge in [0.1, 0.15) is 5.75 Å². The molecular formula is C32H46O7. The maximum absolute atomic E-state index is 12.7. The third kappa shape index (κ3) is 5.54. The summed E-state index contributed by atoms with van der Waals surface area (Å²) in [6.07, 6.45) is 11.6. The first kappa shape index (κ1) is 27.6. The van der Waals surface area contributed by atoms with E-state index in [1.807, 2.05) is 26.0 Å². The Kier molecular flexibility index (Phi) is 7.83. The Morgan fingerprint density at radius 1 is 0.897 bits per heavy atom. The van der Waals surface area contributed by atoms with Gasteiger partial charge in [0.25, 0.3) is 0 Å². The second-order valence-corrected chi connectivity index (χ2v) is 13.4. The predicted molar refractivity (Wildman–Crippen MR) is 145 cm³/mol. The molecule has 1 aliphatic heterocycles. The largest absolute Gasteiger partial charge is 0.480 e. The second-order valence-electron chi connectivity index (χ2n) is 13.4. The van der Waals surface area contributed by atoms with Crippen molar-refractivity contribution in [2.24, 2.45) is 23.7 Å². The highest BCUT2D eigenvalue weighted by molar-refractivity contribution is 5.86. The maximum Gasteiger partial charge on any atom is 0.239 e. The summed E-state index contributed by atoms with van der Waals surface area (Å²) in [6.45, 7) is 7.13. The first-order chi connectivity index (χ1) is 18.8. The smallest absolute Gasteiger partial charge is 0.239 e. The Morgan fingerprint density at radius 2 is 1.51 bits per heavy atom. The van der Waals surface area contributed by atoms with Crippen molar-refractivity contribution in [1.82, 2.24) is 0 Å². The van der Waals surface area contributed by atoms with E-state index in [-0.39, 0.29) is 5.78 Å². The summed E-state index contributed by atoms with van der Waals surface area (Å²) in [5.41, 5.74) is 0.401. The number of carbonyl (C=O) groups is 1. The molecule has 5 saturated carbocycles. The molecule has 0 N–H and O–H groups in total. The molecule has 6 aliphatic rings. The number of hydrogen-bond donors (Lipinski definition) is 0. The van der Waals surface area contributed by atoms with Gasteiger partial charge >= 0.3 is 0 Å². The second kappa shape index (κ2) is 11.1. The molecule has 216 valence electrons. The molecule has 2 spiro atoms. The van der Waals surface area contributed by atoms with E-state index in [0.29, 0.717) is 36.5 Å². The van der Waals surface area contributed by atoms with Crippen molar-refractivity contribution in [2.75, 3.05) is 13.2 Å². The van der Waals surface area contributed by atoms with Crippen molar-refractivity contribution in [3.8, 4) is 5.75 Å². The zero-order chi connectivity index (χ0) is 27.1. The molecule has 7 rings (SSSR count). The minimum Gasteiger partial charge on any atom is -0.480 e. The Morgan fingerprint density at radius 3 is 2.10 bits per heavy atom. The monoisotopic (exact) mass is 542 g/mol. The van der Waals surface area contributed by atoms with Crippen LogP contribution in [0.25, 0.3) is 0 Å². The Hall–Kier alpha value is -1.51. The standard InChI is InChI=1S/C32H46O7/c1-4-15-34-16-5-6-29(33)30(2,3)35-28-9-7-24(8-10-28)25-11-13-31(14-12-25)36-38-32(39-37-31)26-18-22-17-23(20-26)21-27(32)19-22/h7-10,22-23,25-27H,4-6,11-21H2,1-3H3. The lowest BCUT2D eigenvalue weighted by Crippen LogP contribution is -2.64. The molecule has 4 bridgehead atoms. The van der Waals surface area contributed by atoms with E-state index >= 15 is 0 Å². The first-order valence-electron chi connectivity index (χ1n) is 15.4. The van der Waals surface area contributed by atoms with Crippen molar-refractivity contribution in [3.63, 3.8) is 0 Å². The number of rotatable bonds is 10. The van der Waals surface area contributed by atoms with Crippen LogP contribution in [-0.2, 0) is 29.1 Å². The summed E-state index contributed by atoms with van der Waals surface area (Å²) in [4.78, 5) is 37.3. The van der Waals surface area contributed by atoms with Crippen LogP contribution in [0.2, 0.25) is 0 Å². The van der Waals surface area contributed by atoms with Gasteiger partial charge in [-0.2, -0.15) is 19.6 Å². The third-order valence-corrected chi connectivity index (χ3v) is 10.1. The van der Waals surface area contributed by atoms with Crippen molar-refractivity contribution in [1.29, 1.82) is 0 Å². The molecule has 6 fully saturated rings. The molecule has 1 heterocycles. The fourth-order valence-corrected chi connectivity index (χ4v) is 8.02. The van der Waals surface area contributed by atoms with Crippen LogP contribution in [0, 0.1) is 23.7 Å². The molecule has 0 radical (unpaired) electrons. The van der Waals surface area contributed by atoms with Gasteiger partial charge in [-0.05, 0) is 107 Å². The average Bonchev–Trinajstić information content (AvgIpc) is 2.93. The molecule has 5 aliphatic carbocycles. The highest BCUT2D eigenvalue weighted by Crippen LogP contribution is 2.62. The van der Waals surface area contributed by atoms with Crippen molar-refractivity contribution < 1.29 is 33.8 Å². The van der Waals surface area contributed by atoms with E-state index in [1.54, 1.807) is 0 Å². The van der Waals surface area contributed by atoms with Gasteiger partial charge in [0.2, 0.25) is 11.6 Å². The van der Waals surface area contributed by atoms with Crippen LogP contribution in [-0.4, -0.2) is 36.2 Å². The van der Waals surface area contributed by atoms with E-state index in [1.165, 1.54) is 37.7 Å². The lowest BCUT2D eigenvalue weighted by atomic mass is 9.53. The van der Waals surface area contributed by atoms with E-state index < -0.39 is 17.2 Å². The summed E-state index contributed by atoms with van der Waals surface area (Å²) in [5, 5.41) is 0. The van der Waals surface area contributed by atoms with E-state index in [2.05, 4.69) is 19.1 Å². The third-order valence-electron chi connectivity index (χ3n) is 10.1. The van der Waals surface area contributed by atoms with Crippen molar-refractivity contribution in [2.45, 2.75) is 121 Å². The van der Waals surface area contributed by atoms with Crippen LogP contribution in [0.4, 0.5) is 0 Å². The maximum atomic E-state index is 12.7. The number of hydrogen-bond acceptors (Lipinski definition) is 7. The Bertz CT molecular complexity index is 954. The van der Waals surface area contributed by atoms with E-state index in [0.717, 1.165) is 57.0 Å². The lowest BCUT2D eigenvalue weighted by Gasteiger charge is -2.60. The van der Waals surface area contributed by atoms with E-state index in [4.69, 9.17) is 29.0 Å². The normalized spacial score (nSPS) is 37.5. The minimum atomic E-state index is -0.867. The average molecular weight is 543 g/mol. The summed E-state index contributed by atoms with van der Waals surface area (Å²) < 4.78 is 11.6. The van der Waals surface area contributed by atoms with Crippen LogP contribution >= 0.6 is 0 Å². The number of Topliss-reactive ketones (excluding diaryl/α,β-unsaturated/α-hetero) is 1. The van der Waals surface area contributed by atoms with Crippen molar-refractivity contribution >= 4 is 5.78 Å². The highest BCUT2D eigenvalue weighted by atomic mass is 17.4. The molecule has 1 aromatic carbocycles.